The van der Waals surface area contributed by atoms with Crippen molar-refractivity contribution >= 4 is 93.6 Å². The monoisotopic (exact) mass is 858 g/mol. The minimum absolute atomic E-state index is 0.0669. The summed E-state index contributed by atoms with van der Waals surface area (Å²) in [5.74, 6) is 1.27. The van der Waals surface area contributed by atoms with Gasteiger partial charge in [-0.05, 0) is 122 Å². The van der Waals surface area contributed by atoms with Crippen molar-refractivity contribution in [2.45, 2.75) is 31.7 Å². The second-order valence-corrected chi connectivity index (χ2v) is 18.2. The number of furan rings is 1. The predicted molar refractivity (Wildman–Crippen MR) is 280 cm³/mol. The van der Waals surface area contributed by atoms with Crippen LogP contribution >= 0.6 is 0 Å². The smallest absolute Gasteiger partial charge is 0.237 e. The lowest BCUT2D eigenvalue weighted by Gasteiger charge is -2.23. The number of fused-ring (bicyclic) bond motifs is 13. The van der Waals surface area contributed by atoms with Gasteiger partial charge in [0.2, 0.25) is 5.96 Å². The lowest BCUT2D eigenvalue weighted by Crippen LogP contribution is -2.20. The molecule has 0 bridgehead atoms. The number of nitrogens with zero attached hydrogens (tertiary/aromatic N) is 4. The minimum Gasteiger partial charge on any atom is -0.455 e. The van der Waals surface area contributed by atoms with Crippen molar-refractivity contribution in [2.24, 2.45) is 15.0 Å². The lowest BCUT2D eigenvalue weighted by molar-refractivity contribution is 0.666. The average molecular weight is 859 g/mol. The number of benzene rings is 10. The van der Waals surface area contributed by atoms with Gasteiger partial charge in [0.1, 0.15) is 11.2 Å². The molecule has 0 saturated heterocycles. The molecule has 1 aliphatic carbocycles. The fourth-order valence-electron chi connectivity index (χ4n) is 11.3. The fraction of sp³-hybridized carbons (Fsp3) is 0.0806. The molecule has 2 unspecified atom stereocenters. The van der Waals surface area contributed by atoms with Crippen molar-refractivity contribution in [2.75, 3.05) is 0 Å². The first-order chi connectivity index (χ1) is 33.1. The van der Waals surface area contributed by atoms with Gasteiger partial charge in [-0.25, -0.2) is 4.99 Å². The molecule has 0 saturated carbocycles. The number of rotatable bonds is 3. The van der Waals surface area contributed by atoms with Crippen LogP contribution in [0.2, 0.25) is 0 Å². The highest BCUT2D eigenvalue weighted by Gasteiger charge is 2.31. The molecular weight excluding hydrogens is 817 g/mol. The Kier molecular flexibility index (Phi) is 8.38. The Morgan fingerprint density at radius 2 is 1.12 bits per heavy atom. The topological polar surface area (TPSA) is 55.1 Å². The van der Waals surface area contributed by atoms with Gasteiger partial charge in [0.15, 0.2) is 5.84 Å². The Morgan fingerprint density at radius 1 is 0.493 bits per heavy atom. The van der Waals surface area contributed by atoms with E-state index >= 15 is 0 Å². The Morgan fingerprint density at radius 3 is 1.90 bits per heavy atom. The highest BCUT2D eigenvalue weighted by atomic mass is 16.3. The quantitative estimate of drug-likeness (QED) is 0.175. The summed E-state index contributed by atoms with van der Waals surface area (Å²) >= 11 is 0. The van der Waals surface area contributed by atoms with Gasteiger partial charge < -0.3 is 4.42 Å². The molecule has 3 heterocycles. The molecule has 0 spiro atoms. The summed E-state index contributed by atoms with van der Waals surface area (Å²) in [6.07, 6.45) is 1.88. The molecule has 5 heteroatoms. The van der Waals surface area contributed by atoms with Gasteiger partial charge in [0.05, 0.1) is 22.8 Å². The van der Waals surface area contributed by atoms with Crippen molar-refractivity contribution in [3.05, 3.63) is 228 Å². The minimum atomic E-state index is -0.388. The van der Waals surface area contributed by atoms with Crippen molar-refractivity contribution < 1.29 is 4.42 Å². The molecule has 67 heavy (non-hydrogen) atoms. The van der Waals surface area contributed by atoms with E-state index in [9.17, 15) is 0 Å². The van der Waals surface area contributed by atoms with Crippen molar-refractivity contribution in [3.8, 4) is 11.1 Å². The molecule has 12 aromatic rings. The molecule has 316 valence electrons. The van der Waals surface area contributed by atoms with E-state index in [2.05, 4.69) is 212 Å². The Bertz CT molecular complexity index is 4090. The van der Waals surface area contributed by atoms with E-state index in [0.29, 0.717) is 11.8 Å². The second-order valence-electron chi connectivity index (χ2n) is 18.2. The third kappa shape index (κ3) is 5.97. The molecule has 14 rings (SSSR count). The number of aromatic nitrogens is 1. The average Bonchev–Trinajstić information content (AvgIpc) is 3.80. The molecule has 10 aromatic carbocycles. The first-order valence-electron chi connectivity index (χ1n) is 23.3. The van der Waals surface area contributed by atoms with Gasteiger partial charge in [-0.3, -0.25) is 9.56 Å². The maximum absolute atomic E-state index is 6.98. The van der Waals surface area contributed by atoms with Crippen LogP contribution in [0.5, 0.6) is 0 Å². The maximum Gasteiger partial charge on any atom is 0.237 e. The van der Waals surface area contributed by atoms with Crippen LogP contribution in [-0.4, -0.2) is 28.1 Å². The molecule has 2 aliphatic rings. The van der Waals surface area contributed by atoms with Crippen molar-refractivity contribution in [1.82, 2.24) is 4.57 Å². The van der Waals surface area contributed by atoms with E-state index < -0.39 is 0 Å². The number of hydrogen-bond acceptors (Lipinski definition) is 4. The number of para-hydroxylation sites is 3. The van der Waals surface area contributed by atoms with Crippen LogP contribution < -0.4 is 0 Å². The summed E-state index contributed by atoms with van der Waals surface area (Å²) in [7, 11) is 0. The zero-order chi connectivity index (χ0) is 44.2. The van der Waals surface area contributed by atoms with E-state index in [4.69, 9.17) is 19.4 Å². The van der Waals surface area contributed by atoms with Crippen LogP contribution in [0.25, 0.3) is 87.2 Å². The molecule has 0 fully saturated rings. The summed E-state index contributed by atoms with van der Waals surface area (Å²) in [6, 6.07) is 72.1. The van der Waals surface area contributed by atoms with Gasteiger partial charge in [0, 0.05) is 38.6 Å². The summed E-state index contributed by atoms with van der Waals surface area (Å²) in [4.78, 5) is 16.8. The molecule has 1 aliphatic heterocycles. The van der Waals surface area contributed by atoms with Crippen LogP contribution in [0.3, 0.4) is 0 Å². The second kappa shape index (κ2) is 14.8. The number of amidine groups is 1. The molecule has 2 atom stereocenters. The summed E-state index contributed by atoms with van der Waals surface area (Å²) in [6.45, 7) is 2.15. The van der Waals surface area contributed by atoms with E-state index in [1.807, 2.05) is 0 Å². The third-order valence-electron chi connectivity index (χ3n) is 14.4. The van der Waals surface area contributed by atoms with E-state index in [1.165, 1.54) is 54.7 Å². The normalized spacial score (nSPS) is 16.3. The van der Waals surface area contributed by atoms with Crippen LogP contribution in [-0.2, 0) is 6.42 Å². The Balaban J connectivity index is 1.04. The zero-order valence-corrected chi connectivity index (χ0v) is 36.8. The lowest BCUT2D eigenvalue weighted by atomic mass is 9.81. The summed E-state index contributed by atoms with van der Waals surface area (Å²) in [5, 5.41) is 11.8. The number of aliphatic imine (C=N–C) groups is 3. The number of hydrogen-bond donors (Lipinski definition) is 0. The van der Waals surface area contributed by atoms with Gasteiger partial charge in [-0.1, -0.05) is 158 Å². The summed E-state index contributed by atoms with van der Waals surface area (Å²) in [5.41, 5.74) is 13.0. The van der Waals surface area contributed by atoms with E-state index in [-0.39, 0.29) is 12.0 Å². The fourth-order valence-corrected chi connectivity index (χ4v) is 11.3. The van der Waals surface area contributed by atoms with Crippen molar-refractivity contribution in [1.29, 1.82) is 0 Å². The first-order valence-corrected chi connectivity index (χ1v) is 23.3. The van der Waals surface area contributed by atoms with Crippen LogP contribution in [0.15, 0.2) is 220 Å². The Hall–Kier alpha value is -8.41. The van der Waals surface area contributed by atoms with Gasteiger partial charge in [-0.2, -0.15) is 4.99 Å². The molecule has 5 nitrogen and oxygen atoms in total. The van der Waals surface area contributed by atoms with Crippen LogP contribution in [0, 0.1) is 0 Å². The third-order valence-corrected chi connectivity index (χ3v) is 14.4. The largest absolute Gasteiger partial charge is 0.455 e. The van der Waals surface area contributed by atoms with E-state index in [0.717, 1.165) is 78.8 Å². The molecular formula is C62H42N4O. The summed E-state index contributed by atoms with van der Waals surface area (Å²) < 4.78 is 9.19. The van der Waals surface area contributed by atoms with Gasteiger partial charge in [0.25, 0.3) is 0 Å². The Labute approximate surface area is 386 Å². The van der Waals surface area contributed by atoms with Gasteiger partial charge in [-0.15, -0.1) is 0 Å². The predicted octanol–water partition coefficient (Wildman–Crippen LogP) is 15.4. The number of aryl methyl sites for hydroxylation is 1. The van der Waals surface area contributed by atoms with E-state index in [1.54, 1.807) is 0 Å². The molecule has 0 N–H and O–H groups in total. The molecule has 0 radical (unpaired) electrons. The highest BCUT2D eigenvalue weighted by molar-refractivity contribution is 6.25. The van der Waals surface area contributed by atoms with Crippen molar-refractivity contribution in [3.63, 3.8) is 0 Å². The highest BCUT2D eigenvalue weighted by Crippen LogP contribution is 2.47. The first kappa shape index (κ1) is 37.9. The maximum atomic E-state index is 6.98. The van der Waals surface area contributed by atoms with Gasteiger partial charge >= 0.3 is 0 Å². The van der Waals surface area contributed by atoms with Crippen LogP contribution in [0.1, 0.15) is 47.1 Å². The SMILES string of the molecule is CC1N=C(c2ccc3ccccc3c2)N=C(n2c3ccccc3c3ccccc32)N=C1c1cc(C2CCc3cc4ccccc4cc3-c3ccc4ccccc4c32)cc2c1oc1ccccc12. The standard InChI is InChI=1S/C62H42N4O/c1-37-59(64-62(65-61(63-37)44-27-26-38-14-2-3-16-40(38)33-44)66-55-23-11-8-20-48(55)49-21-9-12-24-56(49)66)54-36-45(35-53-50-22-10-13-25-57(50)67-60(53)54)47-30-29-43-32-41-17-4-5-18-42(41)34-52(43)51-31-28-39-15-6-7-19-46(39)58(47)51/h2-28,31-37,47H,29-30H2,1H3. The zero-order valence-electron chi connectivity index (χ0n) is 36.8. The van der Waals surface area contributed by atoms with Crippen LogP contribution in [0.4, 0.5) is 0 Å². The molecule has 2 aromatic heterocycles. The molecule has 0 amide bonds.